The second-order valence-electron chi connectivity index (χ2n) is 5.55. The monoisotopic (exact) mass is 471 g/mol. The standard InChI is InChI=1S/C19H13BrClF2NO4/c1-3-27-17-11(20)4-9(6-16(17)26-2)5-15-19(25)28-18(24-15)10-7-13(22)14(23)8-12(10)21/h4-8H,3H2,1-2H3/b15-5-. The quantitative estimate of drug-likeness (QED) is 0.344. The summed E-state index contributed by atoms with van der Waals surface area (Å²) in [6.07, 6.45) is 1.46. The topological polar surface area (TPSA) is 57.1 Å². The van der Waals surface area contributed by atoms with E-state index in [2.05, 4.69) is 20.9 Å². The van der Waals surface area contributed by atoms with E-state index in [4.69, 9.17) is 25.8 Å². The zero-order valence-corrected chi connectivity index (χ0v) is 17.0. The number of benzene rings is 2. The molecule has 1 heterocycles. The Bertz CT molecular complexity index is 1020. The van der Waals surface area contributed by atoms with Gasteiger partial charge in [0.05, 0.1) is 28.8 Å². The van der Waals surface area contributed by atoms with Gasteiger partial charge < -0.3 is 14.2 Å². The summed E-state index contributed by atoms with van der Waals surface area (Å²) in [5, 5.41) is -0.128. The van der Waals surface area contributed by atoms with Crippen LogP contribution in [0.25, 0.3) is 6.08 Å². The molecule has 1 aliphatic rings. The Morgan fingerprint density at radius 2 is 1.96 bits per heavy atom. The van der Waals surface area contributed by atoms with Crippen LogP contribution in [0.15, 0.2) is 39.4 Å². The SMILES string of the molecule is CCOc1c(Br)cc(/C=C2\N=C(c3cc(F)c(F)cc3Cl)OC2=O)cc1OC. The van der Waals surface area contributed by atoms with Gasteiger partial charge in [0.2, 0.25) is 5.90 Å². The van der Waals surface area contributed by atoms with Crippen LogP contribution in [-0.2, 0) is 9.53 Å². The Hall–Kier alpha value is -2.45. The van der Waals surface area contributed by atoms with Gasteiger partial charge in [-0.1, -0.05) is 11.6 Å². The van der Waals surface area contributed by atoms with Crippen molar-refractivity contribution >= 4 is 45.5 Å². The molecule has 0 aromatic heterocycles. The molecule has 146 valence electrons. The number of aliphatic imine (C=N–C) groups is 1. The van der Waals surface area contributed by atoms with Crippen molar-refractivity contribution in [2.45, 2.75) is 6.92 Å². The van der Waals surface area contributed by atoms with Crippen molar-refractivity contribution < 1.29 is 27.8 Å². The van der Waals surface area contributed by atoms with E-state index in [1.807, 2.05) is 6.92 Å². The zero-order chi connectivity index (χ0) is 20.4. The Labute approximate surface area is 172 Å². The van der Waals surface area contributed by atoms with E-state index in [1.165, 1.54) is 13.2 Å². The minimum atomic E-state index is -1.13. The third-order valence-corrected chi connectivity index (χ3v) is 4.61. The van der Waals surface area contributed by atoms with Crippen LogP contribution in [0.5, 0.6) is 11.5 Å². The summed E-state index contributed by atoms with van der Waals surface area (Å²) in [7, 11) is 1.49. The average molecular weight is 473 g/mol. The fraction of sp³-hybridized carbons (Fsp3) is 0.158. The summed E-state index contributed by atoms with van der Waals surface area (Å²) in [4.78, 5) is 16.2. The molecule has 0 amide bonds. The van der Waals surface area contributed by atoms with Crippen LogP contribution in [0.4, 0.5) is 8.78 Å². The molecule has 3 rings (SSSR count). The maximum absolute atomic E-state index is 13.5. The highest BCUT2D eigenvalue weighted by molar-refractivity contribution is 9.10. The molecule has 0 aliphatic carbocycles. The molecule has 9 heteroatoms. The van der Waals surface area contributed by atoms with Crippen molar-refractivity contribution in [3.63, 3.8) is 0 Å². The molecule has 0 bridgehead atoms. The van der Waals surface area contributed by atoms with Crippen LogP contribution >= 0.6 is 27.5 Å². The van der Waals surface area contributed by atoms with E-state index in [1.54, 1.807) is 12.1 Å². The van der Waals surface area contributed by atoms with Crippen molar-refractivity contribution in [1.29, 1.82) is 0 Å². The van der Waals surface area contributed by atoms with Gasteiger partial charge in [-0.15, -0.1) is 0 Å². The maximum atomic E-state index is 13.5. The molecule has 0 fully saturated rings. The van der Waals surface area contributed by atoms with Gasteiger partial charge in [-0.25, -0.2) is 18.6 Å². The highest BCUT2D eigenvalue weighted by atomic mass is 79.9. The maximum Gasteiger partial charge on any atom is 0.363 e. The number of carbonyl (C=O) groups excluding carboxylic acids is 1. The van der Waals surface area contributed by atoms with Crippen LogP contribution in [0, 0.1) is 11.6 Å². The molecule has 0 saturated heterocycles. The third kappa shape index (κ3) is 4.02. The third-order valence-electron chi connectivity index (χ3n) is 3.70. The Balaban J connectivity index is 2.00. The number of hydrogen-bond donors (Lipinski definition) is 0. The molecule has 0 radical (unpaired) electrons. The molecule has 0 unspecified atom stereocenters. The normalized spacial score (nSPS) is 14.9. The van der Waals surface area contributed by atoms with Crippen molar-refractivity contribution in [3.05, 3.63) is 62.2 Å². The van der Waals surface area contributed by atoms with Gasteiger partial charge in [0, 0.05) is 0 Å². The first-order chi connectivity index (χ1) is 13.3. The van der Waals surface area contributed by atoms with E-state index < -0.39 is 17.6 Å². The van der Waals surface area contributed by atoms with E-state index in [0.717, 1.165) is 12.1 Å². The van der Waals surface area contributed by atoms with Gasteiger partial charge >= 0.3 is 5.97 Å². The highest BCUT2D eigenvalue weighted by Crippen LogP contribution is 2.37. The number of nitrogens with zero attached hydrogens (tertiary/aromatic N) is 1. The lowest BCUT2D eigenvalue weighted by atomic mass is 10.1. The van der Waals surface area contributed by atoms with Crippen LogP contribution in [0.1, 0.15) is 18.1 Å². The van der Waals surface area contributed by atoms with Gasteiger partial charge in [-0.3, -0.25) is 0 Å². The van der Waals surface area contributed by atoms with Crippen LogP contribution in [0.2, 0.25) is 5.02 Å². The van der Waals surface area contributed by atoms with Crippen LogP contribution in [0.3, 0.4) is 0 Å². The van der Waals surface area contributed by atoms with E-state index in [0.29, 0.717) is 28.1 Å². The van der Waals surface area contributed by atoms with Crippen molar-refractivity contribution in [1.82, 2.24) is 0 Å². The van der Waals surface area contributed by atoms with Crippen LogP contribution in [-0.4, -0.2) is 25.6 Å². The largest absolute Gasteiger partial charge is 0.493 e. The lowest BCUT2D eigenvalue weighted by Crippen LogP contribution is -2.07. The van der Waals surface area contributed by atoms with E-state index in [-0.39, 0.29) is 22.2 Å². The second kappa shape index (κ2) is 8.28. The number of hydrogen-bond acceptors (Lipinski definition) is 5. The number of ether oxygens (including phenoxy) is 3. The fourth-order valence-electron chi connectivity index (χ4n) is 2.48. The minimum Gasteiger partial charge on any atom is -0.493 e. The Morgan fingerprint density at radius 1 is 1.25 bits per heavy atom. The molecule has 2 aromatic carbocycles. The number of carbonyl (C=O) groups is 1. The number of rotatable bonds is 5. The predicted molar refractivity (Wildman–Crippen MR) is 104 cm³/mol. The molecule has 0 N–H and O–H groups in total. The molecular formula is C19H13BrClF2NO4. The predicted octanol–water partition coefficient (Wildman–Crippen LogP) is 5.13. The van der Waals surface area contributed by atoms with Crippen molar-refractivity contribution in [3.8, 4) is 11.5 Å². The van der Waals surface area contributed by atoms with E-state index >= 15 is 0 Å². The summed E-state index contributed by atoms with van der Waals surface area (Å²) in [6.45, 7) is 2.29. The van der Waals surface area contributed by atoms with Crippen molar-refractivity contribution in [2.75, 3.05) is 13.7 Å². The Morgan fingerprint density at radius 3 is 2.64 bits per heavy atom. The first kappa shape index (κ1) is 20.3. The van der Waals surface area contributed by atoms with Gasteiger partial charge in [-0.2, -0.15) is 0 Å². The molecule has 28 heavy (non-hydrogen) atoms. The fourth-order valence-corrected chi connectivity index (χ4v) is 3.28. The zero-order valence-electron chi connectivity index (χ0n) is 14.7. The average Bonchev–Trinajstić information content (AvgIpc) is 3.00. The van der Waals surface area contributed by atoms with Gasteiger partial charge in [0.15, 0.2) is 28.8 Å². The molecule has 0 atom stereocenters. The molecule has 2 aromatic rings. The van der Waals surface area contributed by atoms with Crippen LogP contribution < -0.4 is 9.47 Å². The number of esters is 1. The second-order valence-corrected chi connectivity index (χ2v) is 6.81. The summed E-state index contributed by atoms with van der Waals surface area (Å²) < 4.78 is 43.3. The smallest absolute Gasteiger partial charge is 0.363 e. The molecular weight excluding hydrogens is 460 g/mol. The van der Waals surface area contributed by atoms with Gasteiger partial charge in [0.25, 0.3) is 0 Å². The summed E-state index contributed by atoms with van der Waals surface area (Å²) in [5.74, 6) is -2.21. The number of halogens is 4. The molecule has 5 nitrogen and oxygen atoms in total. The first-order valence-electron chi connectivity index (χ1n) is 8.01. The molecule has 0 spiro atoms. The summed E-state index contributed by atoms with van der Waals surface area (Å²) in [5.41, 5.74) is 0.525. The minimum absolute atomic E-state index is 0.0252. The molecule has 1 aliphatic heterocycles. The Kier molecular flexibility index (Phi) is 6.00. The van der Waals surface area contributed by atoms with Gasteiger partial charge in [0.1, 0.15) is 0 Å². The lowest BCUT2D eigenvalue weighted by molar-refractivity contribution is -0.129. The summed E-state index contributed by atoms with van der Waals surface area (Å²) >= 11 is 9.31. The summed E-state index contributed by atoms with van der Waals surface area (Å²) in [6, 6.07) is 4.99. The number of cyclic esters (lactones) is 1. The lowest BCUT2D eigenvalue weighted by Gasteiger charge is -2.12. The van der Waals surface area contributed by atoms with Crippen molar-refractivity contribution in [2.24, 2.45) is 4.99 Å². The first-order valence-corrected chi connectivity index (χ1v) is 9.19. The number of methoxy groups -OCH3 is 1. The highest BCUT2D eigenvalue weighted by Gasteiger charge is 2.27. The molecule has 0 saturated carbocycles. The van der Waals surface area contributed by atoms with Gasteiger partial charge in [-0.05, 0) is 58.8 Å². The van der Waals surface area contributed by atoms with E-state index in [9.17, 15) is 13.6 Å².